The summed E-state index contributed by atoms with van der Waals surface area (Å²) in [5.74, 6) is -0.560. The second-order valence-corrected chi connectivity index (χ2v) is 7.53. The molecule has 0 bridgehead atoms. The molecule has 2 heterocycles. The second kappa shape index (κ2) is 8.78. The van der Waals surface area contributed by atoms with Gasteiger partial charge >= 0.3 is 0 Å². The van der Waals surface area contributed by atoms with E-state index in [1.165, 1.54) is 0 Å². The van der Waals surface area contributed by atoms with Gasteiger partial charge in [0.2, 0.25) is 5.91 Å². The Kier molecular flexibility index (Phi) is 6.61. The highest BCUT2D eigenvalue weighted by molar-refractivity contribution is 6.31. The standard InChI is InChI=1S/C21H22ClFN2O2.ClH/c22-17-4-2-1-3-16(17)21(8-11-27-12-9-21)20(26)25-18-6-5-14-13-24-10-7-15(14)19(18)23;/h1-6,24H,7-13H2,(H,25,26);1H. The van der Waals surface area contributed by atoms with E-state index in [1.54, 1.807) is 12.1 Å². The molecule has 0 atom stereocenters. The summed E-state index contributed by atoms with van der Waals surface area (Å²) < 4.78 is 20.5. The minimum atomic E-state index is -0.819. The zero-order valence-corrected chi connectivity index (χ0v) is 17.0. The Balaban J connectivity index is 0.00000225. The maximum absolute atomic E-state index is 15.0. The van der Waals surface area contributed by atoms with Crippen LogP contribution in [0.1, 0.15) is 29.5 Å². The summed E-state index contributed by atoms with van der Waals surface area (Å²) in [7, 11) is 0. The monoisotopic (exact) mass is 424 g/mol. The molecule has 2 aromatic rings. The summed E-state index contributed by atoms with van der Waals surface area (Å²) in [6, 6.07) is 10.9. The van der Waals surface area contributed by atoms with Crippen LogP contribution in [0.4, 0.5) is 10.1 Å². The van der Waals surface area contributed by atoms with Gasteiger partial charge in [0.15, 0.2) is 0 Å². The van der Waals surface area contributed by atoms with Crippen molar-refractivity contribution in [3.63, 3.8) is 0 Å². The number of fused-ring (bicyclic) bond motifs is 1. The number of anilines is 1. The maximum atomic E-state index is 15.0. The van der Waals surface area contributed by atoms with E-state index in [2.05, 4.69) is 10.6 Å². The van der Waals surface area contributed by atoms with Crippen LogP contribution >= 0.6 is 24.0 Å². The van der Waals surface area contributed by atoms with Gasteiger partial charge in [-0.3, -0.25) is 4.79 Å². The van der Waals surface area contributed by atoms with Crippen LogP contribution in [0.3, 0.4) is 0 Å². The summed E-state index contributed by atoms with van der Waals surface area (Å²) in [5.41, 5.74) is 1.82. The molecule has 4 nitrogen and oxygen atoms in total. The molecule has 0 unspecified atom stereocenters. The molecule has 2 aromatic carbocycles. The number of hydrogen-bond donors (Lipinski definition) is 2. The Morgan fingerprint density at radius 3 is 2.68 bits per heavy atom. The van der Waals surface area contributed by atoms with Crippen LogP contribution in [-0.2, 0) is 27.9 Å². The Morgan fingerprint density at radius 2 is 1.93 bits per heavy atom. The van der Waals surface area contributed by atoms with Gasteiger partial charge in [-0.2, -0.15) is 0 Å². The summed E-state index contributed by atoms with van der Waals surface area (Å²) in [6.07, 6.45) is 1.65. The summed E-state index contributed by atoms with van der Waals surface area (Å²) >= 11 is 6.42. The molecule has 7 heteroatoms. The average Bonchev–Trinajstić information content (AvgIpc) is 2.71. The normalized spacial score (nSPS) is 17.9. The minimum Gasteiger partial charge on any atom is -0.381 e. The first-order valence-electron chi connectivity index (χ1n) is 9.27. The summed E-state index contributed by atoms with van der Waals surface area (Å²) in [4.78, 5) is 13.4. The second-order valence-electron chi connectivity index (χ2n) is 7.12. The highest BCUT2D eigenvalue weighted by atomic mass is 35.5. The number of amides is 1. The first-order valence-corrected chi connectivity index (χ1v) is 9.65. The SMILES string of the molecule is Cl.O=C(Nc1ccc2c(c1F)CCNC2)C1(c2ccccc2Cl)CCOCC1. The van der Waals surface area contributed by atoms with Crippen molar-refractivity contribution in [3.8, 4) is 0 Å². The molecule has 1 saturated heterocycles. The van der Waals surface area contributed by atoms with Crippen molar-refractivity contribution in [2.24, 2.45) is 0 Å². The Hall–Kier alpha value is -1.66. The van der Waals surface area contributed by atoms with Crippen LogP contribution in [0.15, 0.2) is 36.4 Å². The molecule has 150 valence electrons. The van der Waals surface area contributed by atoms with Gasteiger partial charge in [-0.1, -0.05) is 35.9 Å². The third kappa shape index (κ3) is 3.77. The van der Waals surface area contributed by atoms with Gasteiger partial charge in [-0.15, -0.1) is 12.4 Å². The van der Waals surface area contributed by atoms with Crippen molar-refractivity contribution in [1.29, 1.82) is 0 Å². The van der Waals surface area contributed by atoms with E-state index in [9.17, 15) is 9.18 Å². The fourth-order valence-electron chi connectivity index (χ4n) is 4.06. The van der Waals surface area contributed by atoms with Crippen molar-refractivity contribution in [2.45, 2.75) is 31.2 Å². The molecule has 2 aliphatic rings. The maximum Gasteiger partial charge on any atom is 0.235 e. The Labute approximate surface area is 175 Å². The molecule has 0 aliphatic carbocycles. The van der Waals surface area contributed by atoms with E-state index >= 15 is 0 Å². The molecule has 1 fully saturated rings. The molecule has 0 saturated carbocycles. The number of ether oxygens (including phenoxy) is 1. The number of benzene rings is 2. The third-order valence-electron chi connectivity index (χ3n) is 5.63. The topological polar surface area (TPSA) is 50.4 Å². The number of carbonyl (C=O) groups excluding carboxylic acids is 1. The van der Waals surface area contributed by atoms with Gasteiger partial charge in [0, 0.05) is 24.8 Å². The van der Waals surface area contributed by atoms with Crippen LogP contribution in [0.25, 0.3) is 0 Å². The number of nitrogens with one attached hydrogen (secondary N) is 2. The van der Waals surface area contributed by atoms with Crippen LogP contribution in [0.5, 0.6) is 0 Å². The van der Waals surface area contributed by atoms with Crippen molar-refractivity contribution in [2.75, 3.05) is 25.1 Å². The van der Waals surface area contributed by atoms with E-state index < -0.39 is 5.41 Å². The van der Waals surface area contributed by atoms with Gasteiger partial charge in [-0.05, 0) is 54.6 Å². The molecular weight excluding hydrogens is 402 g/mol. The van der Waals surface area contributed by atoms with Gasteiger partial charge in [0.25, 0.3) is 0 Å². The van der Waals surface area contributed by atoms with E-state index in [4.69, 9.17) is 16.3 Å². The molecule has 4 rings (SSSR count). The quantitative estimate of drug-likeness (QED) is 0.774. The van der Waals surface area contributed by atoms with Gasteiger partial charge in [0.05, 0.1) is 11.1 Å². The van der Waals surface area contributed by atoms with E-state index in [-0.39, 0.29) is 29.8 Å². The van der Waals surface area contributed by atoms with E-state index in [1.807, 2.05) is 24.3 Å². The predicted molar refractivity (Wildman–Crippen MR) is 111 cm³/mol. The molecule has 2 N–H and O–H groups in total. The van der Waals surface area contributed by atoms with Crippen LogP contribution in [-0.4, -0.2) is 25.7 Å². The minimum absolute atomic E-state index is 0. The lowest BCUT2D eigenvalue weighted by molar-refractivity contribution is -0.125. The van der Waals surface area contributed by atoms with Crippen LogP contribution in [0.2, 0.25) is 5.02 Å². The highest BCUT2D eigenvalue weighted by Gasteiger charge is 2.43. The fraction of sp³-hybridized carbons (Fsp3) is 0.381. The molecule has 0 radical (unpaired) electrons. The zero-order chi connectivity index (χ0) is 18.9. The Bertz CT molecular complexity index is 869. The van der Waals surface area contributed by atoms with Crippen LogP contribution in [0, 0.1) is 5.82 Å². The fourth-order valence-corrected chi connectivity index (χ4v) is 4.38. The molecule has 2 aliphatic heterocycles. The van der Waals surface area contributed by atoms with Gasteiger partial charge < -0.3 is 15.4 Å². The Morgan fingerprint density at radius 1 is 1.18 bits per heavy atom. The molecule has 28 heavy (non-hydrogen) atoms. The van der Waals surface area contributed by atoms with Crippen molar-refractivity contribution in [3.05, 3.63) is 63.9 Å². The summed E-state index contributed by atoms with van der Waals surface area (Å²) in [5, 5.41) is 6.63. The zero-order valence-electron chi connectivity index (χ0n) is 15.4. The molecular formula is C21H23Cl2FN2O2. The number of hydrogen-bond acceptors (Lipinski definition) is 3. The van der Waals surface area contributed by atoms with Crippen molar-refractivity contribution < 1.29 is 13.9 Å². The van der Waals surface area contributed by atoms with E-state index in [0.29, 0.717) is 49.6 Å². The lowest BCUT2D eigenvalue weighted by Gasteiger charge is -2.37. The highest BCUT2D eigenvalue weighted by Crippen LogP contribution is 2.40. The predicted octanol–water partition coefficient (Wildman–Crippen LogP) is 4.23. The first-order chi connectivity index (χ1) is 13.1. The van der Waals surface area contributed by atoms with Crippen molar-refractivity contribution in [1.82, 2.24) is 5.32 Å². The average molecular weight is 425 g/mol. The molecule has 0 aromatic heterocycles. The lowest BCUT2D eigenvalue weighted by Crippen LogP contribution is -2.45. The van der Waals surface area contributed by atoms with Crippen LogP contribution < -0.4 is 10.6 Å². The number of rotatable bonds is 3. The third-order valence-corrected chi connectivity index (χ3v) is 5.96. The van der Waals surface area contributed by atoms with Crippen molar-refractivity contribution >= 4 is 35.6 Å². The lowest BCUT2D eigenvalue weighted by atomic mass is 9.73. The number of carbonyl (C=O) groups is 1. The van der Waals surface area contributed by atoms with Gasteiger partial charge in [0.1, 0.15) is 5.82 Å². The summed E-state index contributed by atoms with van der Waals surface area (Å²) in [6.45, 7) is 2.33. The molecule has 1 amide bonds. The smallest absolute Gasteiger partial charge is 0.235 e. The largest absolute Gasteiger partial charge is 0.381 e. The molecule has 0 spiro atoms. The first kappa shape index (κ1) is 21.1. The van der Waals surface area contributed by atoms with Gasteiger partial charge in [-0.25, -0.2) is 4.39 Å². The number of halogens is 3. The van der Waals surface area contributed by atoms with E-state index in [0.717, 1.165) is 17.7 Å².